The van der Waals surface area contributed by atoms with Crippen LogP contribution in [0, 0.1) is 0 Å². The fourth-order valence-electron chi connectivity index (χ4n) is 1.20. The SMILES string of the molecule is CC(=O)Nc1nnc(S(N)(=O)=O)s1.OC[C@@H](O)[C@@H](O)[C@H](O)[C@H](O)CO. The average molecular weight is 404 g/mol. The number of anilines is 1. The first kappa shape index (κ1) is 23.7. The number of nitrogens with zero attached hydrogens (tertiary/aromatic N) is 2. The minimum absolute atomic E-state index is 0.108. The van der Waals surface area contributed by atoms with Gasteiger partial charge >= 0.3 is 0 Å². The van der Waals surface area contributed by atoms with Crippen molar-refractivity contribution in [1.29, 1.82) is 0 Å². The van der Waals surface area contributed by atoms with Gasteiger partial charge in [-0.15, -0.1) is 10.2 Å². The van der Waals surface area contributed by atoms with Gasteiger partial charge in [-0.1, -0.05) is 11.3 Å². The second kappa shape index (κ2) is 10.6. The van der Waals surface area contributed by atoms with Gasteiger partial charge in [0.25, 0.3) is 10.0 Å². The fraction of sp³-hybridized carbons (Fsp3) is 0.700. The Bertz CT molecular complexity index is 624. The highest BCUT2D eigenvalue weighted by Crippen LogP contribution is 2.17. The van der Waals surface area contributed by atoms with Crippen molar-refractivity contribution in [2.75, 3.05) is 18.5 Å². The van der Waals surface area contributed by atoms with Crippen LogP contribution >= 0.6 is 11.3 Å². The zero-order chi connectivity index (χ0) is 19.8. The minimum Gasteiger partial charge on any atom is -0.394 e. The molecule has 9 N–H and O–H groups in total. The monoisotopic (exact) mass is 404 g/mol. The van der Waals surface area contributed by atoms with E-state index in [4.69, 9.17) is 35.8 Å². The van der Waals surface area contributed by atoms with Crippen molar-refractivity contribution in [3.63, 3.8) is 0 Å². The number of aromatic nitrogens is 2. The lowest BCUT2D eigenvalue weighted by atomic mass is 10.0. The summed E-state index contributed by atoms with van der Waals surface area (Å²) in [5.74, 6) is -0.350. The van der Waals surface area contributed by atoms with E-state index >= 15 is 0 Å². The molecule has 25 heavy (non-hydrogen) atoms. The predicted octanol–water partition coefficient (Wildman–Crippen LogP) is -4.44. The van der Waals surface area contributed by atoms with E-state index in [9.17, 15) is 13.2 Å². The Morgan fingerprint density at radius 3 is 1.84 bits per heavy atom. The quantitative estimate of drug-likeness (QED) is 0.202. The summed E-state index contributed by atoms with van der Waals surface area (Å²) >= 11 is 0.701. The molecule has 0 aliphatic carbocycles. The summed E-state index contributed by atoms with van der Waals surface area (Å²) in [6, 6.07) is 0. The summed E-state index contributed by atoms with van der Waals surface area (Å²) in [7, 11) is -3.82. The molecule has 0 saturated heterocycles. The number of amides is 1. The molecular formula is C10H20N4O9S2. The lowest BCUT2D eigenvalue weighted by Gasteiger charge is -2.24. The standard InChI is InChI=1S/C6H14O6.C4H6N4O3S2/c7-1-3(9)5(11)6(12)4(10)2-8;1-2(9)6-3-7-8-4(12-3)13(5,10)11/h3-12H,1-2H2;1H3,(H2,5,10,11)(H,6,7,9)/t3-,4-,5-,6-;/m1./s1. The Hall–Kier alpha value is -1.30. The number of nitrogens with one attached hydrogen (secondary N) is 1. The van der Waals surface area contributed by atoms with Crippen LogP contribution in [0.3, 0.4) is 0 Å². The first-order chi connectivity index (χ1) is 11.4. The molecule has 1 heterocycles. The Kier molecular flexibility index (Phi) is 10.1. The van der Waals surface area contributed by atoms with E-state index in [1.54, 1.807) is 0 Å². The van der Waals surface area contributed by atoms with Gasteiger partial charge in [-0.25, -0.2) is 13.6 Å². The lowest BCUT2D eigenvalue weighted by Crippen LogP contribution is -2.46. The second-order valence-electron chi connectivity index (χ2n) is 4.58. The van der Waals surface area contributed by atoms with E-state index in [0.717, 1.165) is 0 Å². The van der Waals surface area contributed by atoms with Gasteiger partial charge in [0.1, 0.15) is 24.4 Å². The molecular weight excluding hydrogens is 384 g/mol. The number of rotatable bonds is 7. The summed E-state index contributed by atoms with van der Waals surface area (Å²) in [5, 5.41) is 66.0. The van der Waals surface area contributed by atoms with Gasteiger partial charge in [0.2, 0.25) is 15.4 Å². The van der Waals surface area contributed by atoms with Crippen LogP contribution in [0.25, 0.3) is 0 Å². The van der Waals surface area contributed by atoms with Crippen molar-refractivity contribution in [3.8, 4) is 0 Å². The largest absolute Gasteiger partial charge is 0.394 e. The molecule has 146 valence electrons. The van der Waals surface area contributed by atoms with Crippen LogP contribution in [0.1, 0.15) is 6.92 Å². The van der Waals surface area contributed by atoms with E-state index in [-0.39, 0.29) is 15.4 Å². The summed E-state index contributed by atoms with van der Waals surface area (Å²) < 4.78 is 21.1. The zero-order valence-electron chi connectivity index (χ0n) is 12.9. The van der Waals surface area contributed by atoms with E-state index in [0.29, 0.717) is 11.3 Å². The van der Waals surface area contributed by atoms with Gasteiger partial charge in [0.15, 0.2) is 0 Å². The molecule has 0 aliphatic rings. The van der Waals surface area contributed by atoms with Gasteiger partial charge in [0.05, 0.1) is 13.2 Å². The molecule has 0 aromatic carbocycles. The van der Waals surface area contributed by atoms with Crippen molar-refractivity contribution in [1.82, 2.24) is 10.2 Å². The van der Waals surface area contributed by atoms with Crippen molar-refractivity contribution in [3.05, 3.63) is 0 Å². The predicted molar refractivity (Wildman–Crippen MR) is 83.8 cm³/mol. The third kappa shape index (κ3) is 8.56. The number of sulfonamides is 1. The van der Waals surface area contributed by atoms with Crippen LogP contribution < -0.4 is 10.5 Å². The second-order valence-corrected chi connectivity index (χ2v) is 7.29. The number of hydrogen-bond donors (Lipinski definition) is 8. The summed E-state index contributed by atoms with van der Waals surface area (Å²) in [6.07, 6.45) is -6.39. The highest BCUT2D eigenvalue weighted by Gasteiger charge is 2.29. The molecule has 0 aliphatic heterocycles. The summed E-state index contributed by atoms with van der Waals surface area (Å²) in [4.78, 5) is 10.5. The van der Waals surface area contributed by atoms with Crippen LogP contribution in [0.5, 0.6) is 0 Å². The smallest absolute Gasteiger partial charge is 0.267 e. The summed E-state index contributed by atoms with van der Waals surface area (Å²) in [5.41, 5.74) is 0. The van der Waals surface area contributed by atoms with E-state index in [1.165, 1.54) is 6.92 Å². The van der Waals surface area contributed by atoms with Crippen LogP contribution in [0.15, 0.2) is 4.34 Å². The zero-order valence-corrected chi connectivity index (χ0v) is 14.6. The minimum atomic E-state index is -3.82. The molecule has 0 bridgehead atoms. The van der Waals surface area contributed by atoms with Gasteiger partial charge < -0.3 is 36.0 Å². The van der Waals surface area contributed by atoms with Crippen molar-refractivity contribution in [2.24, 2.45) is 5.14 Å². The first-order valence-corrected chi connectivity index (χ1v) is 8.88. The normalized spacial score (nSPS) is 16.2. The molecule has 0 fully saturated rings. The van der Waals surface area contributed by atoms with E-state index < -0.39 is 47.7 Å². The van der Waals surface area contributed by atoms with Crippen LogP contribution in [-0.4, -0.2) is 92.8 Å². The molecule has 13 nitrogen and oxygen atoms in total. The number of primary sulfonamides is 1. The molecule has 0 saturated carbocycles. The maximum atomic E-state index is 10.7. The summed E-state index contributed by atoms with van der Waals surface area (Å²) in [6.45, 7) is -0.176. The van der Waals surface area contributed by atoms with Crippen LogP contribution in [0.2, 0.25) is 0 Å². The molecule has 15 heteroatoms. The first-order valence-electron chi connectivity index (χ1n) is 6.51. The Morgan fingerprint density at radius 2 is 1.56 bits per heavy atom. The molecule has 0 radical (unpaired) electrons. The fourth-order valence-corrected chi connectivity index (χ4v) is 2.58. The van der Waals surface area contributed by atoms with Crippen LogP contribution in [0.4, 0.5) is 5.13 Å². The third-order valence-corrected chi connectivity index (χ3v) is 4.59. The number of aliphatic hydroxyl groups excluding tert-OH is 6. The highest BCUT2D eigenvalue weighted by molar-refractivity contribution is 7.91. The van der Waals surface area contributed by atoms with E-state index in [2.05, 4.69) is 15.5 Å². The average Bonchev–Trinajstić information content (AvgIpc) is 3.00. The number of aliphatic hydroxyl groups is 6. The third-order valence-electron chi connectivity index (χ3n) is 2.45. The van der Waals surface area contributed by atoms with Gasteiger partial charge in [-0.05, 0) is 0 Å². The van der Waals surface area contributed by atoms with Gasteiger partial charge in [-0.3, -0.25) is 4.79 Å². The topological polar surface area (TPSA) is 236 Å². The van der Waals surface area contributed by atoms with E-state index in [1.807, 2.05) is 0 Å². The van der Waals surface area contributed by atoms with Crippen molar-refractivity contribution < 1.29 is 43.9 Å². The molecule has 1 rings (SSSR count). The molecule has 1 aromatic rings. The number of carbonyl (C=O) groups excluding carboxylic acids is 1. The number of hydrogen-bond acceptors (Lipinski definition) is 12. The van der Waals surface area contributed by atoms with Crippen molar-refractivity contribution >= 4 is 32.4 Å². The maximum absolute atomic E-state index is 10.7. The van der Waals surface area contributed by atoms with Gasteiger partial charge in [0, 0.05) is 6.92 Å². The number of nitrogens with two attached hydrogens (primary N) is 1. The maximum Gasteiger partial charge on any atom is 0.267 e. The molecule has 0 unspecified atom stereocenters. The van der Waals surface area contributed by atoms with Crippen molar-refractivity contribution in [2.45, 2.75) is 35.7 Å². The molecule has 4 atom stereocenters. The molecule has 0 spiro atoms. The lowest BCUT2D eigenvalue weighted by molar-refractivity contribution is -0.123. The Labute approximate surface area is 146 Å². The molecule has 1 aromatic heterocycles. The molecule has 1 amide bonds. The van der Waals surface area contributed by atoms with Crippen LogP contribution in [-0.2, 0) is 14.8 Å². The Morgan fingerprint density at radius 1 is 1.12 bits per heavy atom. The van der Waals surface area contributed by atoms with Gasteiger partial charge in [-0.2, -0.15) is 0 Å². The number of carbonyl (C=O) groups is 1. The Balaban J connectivity index is 0.000000463. The highest BCUT2D eigenvalue weighted by atomic mass is 32.2.